The number of nitrogens with zero attached hydrogens (tertiary/aromatic N) is 4. The highest BCUT2D eigenvalue weighted by atomic mass is 79.9. The monoisotopic (exact) mass is 430 g/mol. The van der Waals surface area contributed by atoms with E-state index in [9.17, 15) is 15.2 Å². The Bertz CT molecular complexity index is 768. The standard InChI is InChI=1S/C11H8Br2N6O3/c12-6-1-5(9(20)7(13)2-6)3-17-18-11-8(19(21)22)10(14)15-4-16-11/h1-4,20H,(H3,14,15,16,18)/b17-3+. The van der Waals surface area contributed by atoms with E-state index in [-0.39, 0.29) is 17.4 Å². The number of anilines is 2. The SMILES string of the molecule is Nc1ncnc(N/N=C/c2cc(Br)cc(Br)c2O)c1[N+](=O)[O-]. The van der Waals surface area contributed by atoms with Gasteiger partial charge in [-0.2, -0.15) is 5.10 Å². The van der Waals surface area contributed by atoms with Crippen molar-refractivity contribution in [2.45, 2.75) is 0 Å². The molecule has 2 rings (SSSR count). The molecule has 4 N–H and O–H groups in total. The summed E-state index contributed by atoms with van der Waals surface area (Å²) in [6, 6.07) is 3.28. The third kappa shape index (κ3) is 3.49. The van der Waals surface area contributed by atoms with Crippen LogP contribution in [0.5, 0.6) is 5.75 Å². The van der Waals surface area contributed by atoms with E-state index in [0.717, 1.165) is 10.8 Å². The molecule has 0 atom stereocenters. The van der Waals surface area contributed by atoms with Gasteiger partial charge in [0.15, 0.2) is 0 Å². The van der Waals surface area contributed by atoms with Crippen LogP contribution in [0.2, 0.25) is 0 Å². The van der Waals surface area contributed by atoms with Crippen molar-refractivity contribution in [1.29, 1.82) is 0 Å². The van der Waals surface area contributed by atoms with E-state index < -0.39 is 10.6 Å². The fourth-order valence-corrected chi connectivity index (χ4v) is 2.76. The molecule has 1 heterocycles. The van der Waals surface area contributed by atoms with Crippen molar-refractivity contribution in [2.75, 3.05) is 11.2 Å². The lowest BCUT2D eigenvalue weighted by Gasteiger charge is -2.04. The van der Waals surface area contributed by atoms with Crippen molar-refractivity contribution in [3.8, 4) is 5.75 Å². The maximum absolute atomic E-state index is 10.9. The highest BCUT2D eigenvalue weighted by Crippen LogP contribution is 2.31. The van der Waals surface area contributed by atoms with E-state index in [4.69, 9.17) is 5.73 Å². The number of phenols is 1. The number of rotatable bonds is 4. The van der Waals surface area contributed by atoms with Crippen LogP contribution in [0.4, 0.5) is 17.3 Å². The Balaban J connectivity index is 2.28. The molecule has 2 aromatic rings. The summed E-state index contributed by atoms with van der Waals surface area (Å²) in [6.07, 6.45) is 2.36. The Morgan fingerprint density at radius 2 is 2.14 bits per heavy atom. The number of benzene rings is 1. The van der Waals surface area contributed by atoms with Crippen LogP contribution in [0.1, 0.15) is 5.56 Å². The average Bonchev–Trinajstić information content (AvgIpc) is 2.43. The van der Waals surface area contributed by atoms with Crippen molar-refractivity contribution < 1.29 is 10.0 Å². The van der Waals surface area contributed by atoms with Crippen molar-refractivity contribution >= 4 is 55.4 Å². The van der Waals surface area contributed by atoms with Crippen LogP contribution in [0.15, 0.2) is 32.5 Å². The Hall–Kier alpha value is -2.27. The van der Waals surface area contributed by atoms with E-state index in [1.807, 2.05) is 0 Å². The molecule has 0 amide bonds. The smallest absolute Gasteiger partial charge is 0.354 e. The van der Waals surface area contributed by atoms with E-state index in [1.165, 1.54) is 6.21 Å². The van der Waals surface area contributed by atoms with E-state index >= 15 is 0 Å². The fourth-order valence-electron chi connectivity index (χ4n) is 1.50. The summed E-state index contributed by atoms with van der Waals surface area (Å²) < 4.78 is 1.19. The van der Waals surface area contributed by atoms with Crippen molar-refractivity contribution in [1.82, 2.24) is 9.97 Å². The van der Waals surface area contributed by atoms with E-state index in [2.05, 4.69) is 52.4 Å². The Morgan fingerprint density at radius 3 is 2.82 bits per heavy atom. The molecule has 0 fully saturated rings. The number of nitrogens with two attached hydrogens (primary N) is 1. The minimum absolute atomic E-state index is 0.0227. The van der Waals surface area contributed by atoms with Gasteiger partial charge in [0, 0.05) is 10.0 Å². The van der Waals surface area contributed by atoms with Gasteiger partial charge in [0.1, 0.15) is 12.1 Å². The first-order chi connectivity index (χ1) is 10.4. The molecule has 0 bridgehead atoms. The zero-order valence-corrected chi connectivity index (χ0v) is 13.9. The van der Waals surface area contributed by atoms with Crippen LogP contribution in [-0.4, -0.2) is 26.2 Å². The highest BCUT2D eigenvalue weighted by molar-refractivity contribution is 9.11. The Labute approximate surface area is 140 Å². The van der Waals surface area contributed by atoms with Crippen molar-refractivity contribution in [3.05, 3.63) is 43.1 Å². The second kappa shape index (κ2) is 6.66. The molecule has 0 spiro atoms. The molecular weight excluding hydrogens is 424 g/mol. The predicted molar refractivity (Wildman–Crippen MR) is 87.8 cm³/mol. The van der Waals surface area contributed by atoms with Crippen LogP contribution in [-0.2, 0) is 0 Å². The second-order valence-corrected chi connectivity index (χ2v) is 5.68. The first-order valence-electron chi connectivity index (χ1n) is 5.62. The minimum atomic E-state index is -0.708. The Morgan fingerprint density at radius 1 is 1.41 bits per heavy atom. The summed E-state index contributed by atoms with van der Waals surface area (Å²) >= 11 is 6.46. The average molecular weight is 432 g/mol. The van der Waals surface area contributed by atoms with Gasteiger partial charge in [0.25, 0.3) is 0 Å². The summed E-state index contributed by atoms with van der Waals surface area (Å²) in [5, 5.41) is 24.6. The quantitative estimate of drug-likeness (QED) is 0.384. The minimum Gasteiger partial charge on any atom is -0.506 e. The van der Waals surface area contributed by atoms with Gasteiger partial charge >= 0.3 is 5.69 Å². The largest absolute Gasteiger partial charge is 0.506 e. The molecule has 0 saturated heterocycles. The molecule has 1 aromatic carbocycles. The van der Waals surface area contributed by atoms with E-state index in [1.54, 1.807) is 12.1 Å². The number of hydrogen-bond acceptors (Lipinski definition) is 8. The number of halogens is 2. The second-order valence-electron chi connectivity index (χ2n) is 3.91. The third-order valence-electron chi connectivity index (χ3n) is 2.46. The summed E-state index contributed by atoms with van der Waals surface area (Å²) in [5.41, 5.74) is 7.75. The lowest BCUT2D eigenvalue weighted by atomic mass is 10.2. The molecular formula is C11H8Br2N6O3. The van der Waals surface area contributed by atoms with Gasteiger partial charge in [-0.1, -0.05) is 15.9 Å². The van der Waals surface area contributed by atoms with Gasteiger partial charge in [0.05, 0.1) is 15.6 Å². The first kappa shape index (κ1) is 16.1. The maximum atomic E-state index is 10.9. The normalized spacial score (nSPS) is 10.8. The van der Waals surface area contributed by atoms with Crippen LogP contribution < -0.4 is 11.2 Å². The van der Waals surface area contributed by atoms with Crippen molar-refractivity contribution in [2.24, 2.45) is 5.10 Å². The van der Waals surface area contributed by atoms with Gasteiger partial charge < -0.3 is 10.8 Å². The van der Waals surface area contributed by atoms with Crippen LogP contribution >= 0.6 is 31.9 Å². The third-order valence-corrected chi connectivity index (χ3v) is 3.53. The van der Waals surface area contributed by atoms with Crippen LogP contribution in [0, 0.1) is 10.1 Å². The maximum Gasteiger partial charge on any atom is 0.354 e. The predicted octanol–water partition coefficient (Wildman–Crippen LogP) is 2.64. The summed E-state index contributed by atoms with van der Waals surface area (Å²) in [7, 11) is 0. The van der Waals surface area contributed by atoms with Crippen molar-refractivity contribution in [3.63, 3.8) is 0 Å². The number of hydrogen-bond donors (Lipinski definition) is 3. The lowest BCUT2D eigenvalue weighted by Crippen LogP contribution is -2.04. The van der Waals surface area contributed by atoms with Gasteiger partial charge in [-0.3, -0.25) is 15.5 Å². The number of nitro groups is 1. The number of aromatic nitrogens is 2. The molecule has 22 heavy (non-hydrogen) atoms. The molecule has 0 unspecified atom stereocenters. The Kier molecular flexibility index (Phi) is 4.88. The van der Waals surface area contributed by atoms with Crippen LogP contribution in [0.25, 0.3) is 0 Å². The molecule has 0 aliphatic rings. The summed E-state index contributed by atoms with van der Waals surface area (Å²) in [4.78, 5) is 17.5. The number of phenolic OH excluding ortho intramolecular Hbond substituents is 1. The number of nitrogen functional groups attached to an aromatic ring is 1. The fraction of sp³-hybridized carbons (Fsp3) is 0. The molecule has 0 saturated carbocycles. The first-order valence-corrected chi connectivity index (χ1v) is 7.20. The van der Waals surface area contributed by atoms with Gasteiger partial charge in [-0.15, -0.1) is 0 Å². The number of nitrogens with one attached hydrogen (secondary N) is 1. The molecule has 0 aliphatic heterocycles. The molecule has 11 heteroatoms. The zero-order valence-electron chi connectivity index (χ0n) is 10.7. The van der Waals surface area contributed by atoms with Gasteiger partial charge in [-0.05, 0) is 28.1 Å². The molecule has 1 aromatic heterocycles. The topological polar surface area (TPSA) is 140 Å². The number of aromatic hydroxyl groups is 1. The van der Waals surface area contributed by atoms with Gasteiger partial charge in [0.2, 0.25) is 11.6 Å². The zero-order chi connectivity index (χ0) is 16.3. The lowest BCUT2D eigenvalue weighted by molar-refractivity contribution is -0.383. The number of hydrazone groups is 1. The molecule has 114 valence electrons. The summed E-state index contributed by atoms with van der Waals surface area (Å²) in [5.74, 6) is -0.446. The molecule has 9 nitrogen and oxygen atoms in total. The van der Waals surface area contributed by atoms with E-state index in [0.29, 0.717) is 10.0 Å². The van der Waals surface area contributed by atoms with Crippen LogP contribution in [0.3, 0.4) is 0 Å². The summed E-state index contributed by atoms with van der Waals surface area (Å²) in [6.45, 7) is 0. The van der Waals surface area contributed by atoms with Gasteiger partial charge in [-0.25, -0.2) is 9.97 Å². The molecule has 0 radical (unpaired) electrons. The highest BCUT2D eigenvalue weighted by Gasteiger charge is 2.20. The molecule has 0 aliphatic carbocycles.